The summed E-state index contributed by atoms with van der Waals surface area (Å²) in [6.07, 6.45) is 6.19. The smallest absolute Gasteiger partial charge is 0.321 e. The van der Waals surface area contributed by atoms with Crippen LogP contribution in [0.1, 0.15) is 25.7 Å². The van der Waals surface area contributed by atoms with Crippen molar-refractivity contribution < 1.29 is 14.3 Å². The predicted octanol–water partition coefficient (Wildman–Crippen LogP) is 3.27. The fourth-order valence-corrected chi connectivity index (χ4v) is 3.29. The van der Waals surface area contributed by atoms with Gasteiger partial charge in [0.1, 0.15) is 5.75 Å². The number of amides is 2. The van der Waals surface area contributed by atoms with E-state index in [1.807, 2.05) is 28.8 Å². The molecule has 0 spiro atoms. The van der Waals surface area contributed by atoms with Crippen LogP contribution in [0.25, 0.3) is 11.3 Å². The first-order valence-electron chi connectivity index (χ1n) is 8.97. The van der Waals surface area contributed by atoms with Gasteiger partial charge in [-0.05, 0) is 25.0 Å². The number of benzene rings is 1. The van der Waals surface area contributed by atoms with E-state index in [2.05, 4.69) is 15.6 Å². The quantitative estimate of drug-likeness (QED) is 0.796. The molecule has 1 saturated carbocycles. The minimum Gasteiger partial charge on any atom is -0.497 e. The Morgan fingerprint density at radius 1 is 1.31 bits per heavy atom. The summed E-state index contributed by atoms with van der Waals surface area (Å²) < 4.78 is 12.5. The van der Waals surface area contributed by atoms with E-state index < -0.39 is 0 Å². The van der Waals surface area contributed by atoms with Crippen molar-refractivity contribution in [2.45, 2.75) is 38.3 Å². The molecule has 140 valence electrons. The number of nitrogens with one attached hydrogen (secondary N) is 2. The largest absolute Gasteiger partial charge is 0.497 e. The second-order valence-corrected chi connectivity index (χ2v) is 6.42. The van der Waals surface area contributed by atoms with Gasteiger partial charge in [0, 0.05) is 25.3 Å². The Morgan fingerprint density at radius 3 is 2.85 bits per heavy atom. The zero-order chi connectivity index (χ0) is 18.4. The highest BCUT2D eigenvalue weighted by Gasteiger charge is 2.19. The number of aromatic nitrogens is 2. The molecule has 7 nitrogen and oxygen atoms in total. The SMILES string of the molecule is COCCn1c(-c2cccc(OC)c2)cnc1NC(=O)NC1CCCC1. The van der Waals surface area contributed by atoms with Crippen molar-refractivity contribution >= 4 is 12.0 Å². The normalized spacial score (nSPS) is 14.4. The van der Waals surface area contributed by atoms with E-state index in [0.29, 0.717) is 19.1 Å². The summed E-state index contributed by atoms with van der Waals surface area (Å²) in [5, 5.41) is 5.90. The lowest BCUT2D eigenvalue weighted by Crippen LogP contribution is -2.36. The maximum atomic E-state index is 12.3. The van der Waals surface area contributed by atoms with E-state index >= 15 is 0 Å². The molecule has 0 atom stereocenters. The molecule has 0 radical (unpaired) electrons. The fourth-order valence-electron chi connectivity index (χ4n) is 3.29. The van der Waals surface area contributed by atoms with Crippen LogP contribution in [-0.4, -0.2) is 42.5 Å². The van der Waals surface area contributed by atoms with Crippen molar-refractivity contribution in [3.8, 4) is 17.0 Å². The Labute approximate surface area is 153 Å². The number of rotatable bonds is 7. The Balaban J connectivity index is 1.80. The van der Waals surface area contributed by atoms with Crippen molar-refractivity contribution in [2.75, 3.05) is 26.1 Å². The van der Waals surface area contributed by atoms with E-state index in [0.717, 1.165) is 29.8 Å². The van der Waals surface area contributed by atoms with E-state index in [1.54, 1.807) is 20.4 Å². The molecule has 3 rings (SSSR count). The van der Waals surface area contributed by atoms with Crippen LogP contribution in [0.5, 0.6) is 5.75 Å². The van der Waals surface area contributed by atoms with Crippen molar-refractivity contribution in [2.24, 2.45) is 0 Å². The molecule has 0 unspecified atom stereocenters. The minimum atomic E-state index is -0.210. The number of urea groups is 1. The van der Waals surface area contributed by atoms with Gasteiger partial charge in [-0.2, -0.15) is 0 Å². The molecular formula is C19H26N4O3. The van der Waals surface area contributed by atoms with E-state index in [-0.39, 0.29) is 12.1 Å². The fraction of sp³-hybridized carbons (Fsp3) is 0.474. The maximum absolute atomic E-state index is 12.3. The van der Waals surface area contributed by atoms with Crippen LogP contribution in [0.15, 0.2) is 30.5 Å². The topological polar surface area (TPSA) is 77.4 Å². The molecule has 2 N–H and O–H groups in total. The van der Waals surface area contributed by atoms with Crippen molar-refractivity contribution in [1.29, 1.82) is 0 Å². The van der Waals surface area contributed by atoms with Crippen LogP contribution in [0.4, 0.5) is 10.7 Å². The number of nitrogens with zero attached hydrogens (tertiary/aromatic N) is 2. The molecule has 7 heteroatoms. The van der Waals surface area contributed by atoms with Gasteiger partial charge < -0.3 is 19.4 Å². The van der Waals surface area contributed by atoms with Gasteiger partial charge in [0.2, 0.25) is 5.95 Å². The summed E-state index contributed by atoms with van der Waals surface area (Å²) in [5.41, 5.74) is 1.87. The average Bonchev–Trinajstić information content (AvgIpc) is 3.30. The highest BCUT2D eigenvalue weighted by Crippen LogP contribution is 2.26. The molecule has 2 amide bonds. The summed E-state index contributed by atoms with van der Waals surface area (Å²) in [4.78, 5) is 16.7. The zero-order valence-electron chi connectivity index (χ0n) is 15.3. The number of methoxy groups -OCH3 is 2. The number of ether oxygens (including phenoxy) is 2. The third-order valence-electron chi connectivity index (χ3n) is 4.66. The van der Waals surface area contributed by atoms with Gasteiger partial charge in [0.05, 0.1) is 25.6 Å². The molecule has 26 heavy (non-hydrogen) atoms. The Kier molecular flexibility index (Phi) is 6.12. The lowest BCUT2D eigenvalue weighted by atomic mass is 10.1. The van der Waals surface area contributed by atoms with Crippen LogP contribution >= 0.6 is 0 Å². The standard InChI is InChI=1S/C19H26N4O3/c1-25-11-10-23-17(14-6-5-9-16(12-14)26-2)13-20-18(23)22-19(24)21-15-7-3-4-8-15/h5-6,9,12-13,15H,3-4,7-8,10-11H2,1-2H3,(H2,20,21,22,24). The minimum absolute atomic E-state index is 0.210. The third kappa shape index (κ3) is 4.35. The van der Waals surface area contributed by atoms with Gasteiger partial charge in [-0.3, -0.25) is 5.32 Å². The van der Waals surface area contributed by atoms with Gasteiger partial charge in [0.15, 0.2) is 0 Å². The number of carbonyl (C=O) groups excluding carboxylic acids is 1. The number of imidazole rings is 1. The van der Waals surface area contributed by atoms with Crippen molar-refractivity contribution in [1.82, 2.24) is 14.9 Å². The van der Waals surface area contributed by atoms with E-state index in [1.165, 1.54) is 12.8 Å². The molecule has 1 aliphatic carbocycles. The Hall–Kier alpha value is -2.54. The highest BCUT2D eigenvalue weighted by atomic mass is 16.5. The van der Waals surface area contributed by atoms with Crippen molar-refractivity contribution in [3.05, 3.63) is 30.5 Å². The molecule has 1 aliphatic rings. The highest BCUT2D eigenvalue weighted by molar-refractivity contribution is 5.88. The summed E-state index contributed by atoms with van der Waals surface area (Å²) in [5.74, 6) is 1.28. The van der Waals surface area contributed by atoms with Gasteiger partial charge in [-0.15, -0.1) is 0 Å². The molecule has 1 fully saturated rings. The first-order valence-corrected chi connectivity index (χ1v) is 8.97. The van der Waals surface area contributed by atoms with Gasteiger partial charge >= 0.3 is 6.03 Å². The van der Waals surface area contributed by atoms with Crippen LogP contribution in [0.3, 0.4) is 0 Å². The molecule has 1 heterocycles. The lowest BCUT2D eigenvalue weighted by molar-refractivity contribution is 0.188. The van der Waals surface area contributed by atoms with E-state index in [4.69, 9.17) is 9.47 Å². The average molecular weight is 358 g/mol. The molecule has 0 saturated heterocycles. The summed E-state index contributed by atoms with van der Waals surface area (Å²) in [7, 11) is 3.30. The Bertz CT molecular complexity index is 738. The first kappa shape index (κ1) is 18.3. The molecular weight excluding hydrogens is 332 g/mol. The first-order chi connectivity index (χ1) is 12.7. The van der Waals surface area contributed by atoms with Crippen LogP contribution < -0.4 is 15.4 Å². The van der Waals surface area contributed by atoms with Crippen LogP contribution in [0.2, 0.25) is 0 Å². The Morgan fingerprint density at radius 2 is 2.12 bits per heavy atom. The van der Waals surface area contributed by atoms with Crippen LogP contribution in [-0.2, 0) is 11.3 Å². The van der Waals surface area contributed by atoms with E-state index in [9.17, 15) is 4.79 Å². The molecule has 1 aromatic carbocycles. The maximum Gasteiger partial charge on any atom is 0.321 e. The second kappa shape index (κ2) is 8.71. The molecule has 0 bridgehead atoms. The van der Waals surface area contributed by atoms with Crippen LogP contribution in [0, 0.1) is 0 Å². The summed E-state index contributed by atoms with van der Waals surface area (Å²) in [6.45, 7) is 1.11. The third-order valence-corrected chi connectivity index (χ3v) is 4.66. The molecule has 2 aromatic rings. The van der Waals surface area contributed by atoms with Gasteiger partial charge in [-0.25, -0.2) is 9.78 Å². The number of hydrogen-bond donors (Lipinski definition) is 2. The number of hydrogen-bond acceptors (Lipinski definition) is 4. The summed E-state index contributed by atoms with van der Waals surface area (Å²) >= 11 is 0. The summed E-state index contributed by atoms with van der Waals surface area (Å²) in [6, 6.07) is 7.82. The van der Waals surface area contributed by atoms with Gasteiger partial charge in [0.25, 0.3) is 0 Å². The zero-order valence-corrected chi connectivity index (χ0v) is 15.3. The lowest BCUT2D eigenvalue weighted by Gasteiger charge is -2.15. The van der Waals surface area contributed by atoms with Crippen molar-refractivity contribution in [3.63, 3.8) is 0 Å². The van der Waals surface area contributed by atoms with Gasteiger partial charge in [-0.1, -0.05) is 25.0 Å². The second-order valence-electron chi connectivity index (χ2n) is 6.42. The molecule has 0 aliphatic heterocycles. The number of carbonyl (C=O) groups is 1. The number of anilines is 1. The predicted molar refractivity (Wildman–Crippen MR) is 101 cm³/mol. The monoisotopic (exact) mass is 358 g/mol. The molecule has 1 aromatic heterocycles.